The Morgan fingerprint density at radius 1 is 1.39 bits per heavy atom. The Labute approximate surface area is 108 Å². The third-order valence-electron chi connectivity index (χ3n) is 2.20. The molecule has 1 aromatic heterocycles. The lowest BCUT2D eigenvalue weighted by Crippen LogP contribution is -2.27. The lowest BCUT2D eigenvalue weighted by molar-refractivity contribution is 0.204. The first-order chi connectivity index (χ1) is 8.60. The molecule has 0 radical (unpaired) electrons. The van der Waals surface area contributed by atoms with E-state index in [1.54, 1.807) is 0 Å². The van der Waals surface area contributed by atoms with Gasteiger partial charge in [-0.1, -0.05) is 6.92 Å². The van der Waals surface area contributed by atoms with Crippen LogP contribution < -0.4 is 10.0 Å². The average Bonchev–Trinajstić information content (AvgIpc) is 2.37. The van der Waals surface area contributed by atoms with Gasteiger partial charge in [-0.05, 0) is 12.5 Å². The summed E-state index contributed by atoms with van der Waals surface area (Å²) >= 11 is 0. The SMILES string of the molecule is CCCNc1cc(S(=O)(=O)NCCOC)ccn1. The number of anilines is 1. The van der Waals surface area contributed by atoms with E-state index in [1.165, 1.54) is 25.4 Å². The van der Waals surface area contributed by atoms with E-state index < -0.39 is 10.0 Å². The zero-order valence-corrected chi connectivity index (χ0v) is 11.5. The summed E-state index contributed by atoms with van der Waals surface area (Å²) in [6.07, 6.45) is 2.42. The summed E-state index contributed by atoms with van der Waals surface area (Å²) in [5, 5.41) is 3.05. The van der Waals surface area contributed by atoms with E-state index in [0.717, 1.165) is 13.0 Å². The van der Waals surface area contributed by atoms with Gasteiger partial charge in [0.15, 0.2) is 0 Å². The number of nitrogens with zero attached hydrogens (tertiary/aromatic N) is 1. The highest BCUT2D eigenvalue weighted by molar-refractivity contribution is 7.89. The number of hydrogen-bond donors (Lipinski definition) is 2. The topological polar surface area (TPSA) is 80.3 Å². The van der Waals surface area contributed by atoms with Crippen molar-refractivity contribution in [1.82, 2.24) is 9.71 Å². The quantitative estimate of drug-likeness (QED) is 0.686. The molecule has 0 bridgehead atoms. The van der Waals surface area contributed by atoms with Crippen molar-refractivity contribution in [3.05, 3.63) is 18.3 Å². The number of hydrogen-bond acceptors (Lipinski definition) is 5. The Morgan fingerprint density at radius 3 is 2.83 bits per heavy atom. The Balaban J connectivity index is 2.75. The van der Waals surface area contributed by atoms with Crippen molar-refractivity contribution in [2.24, 2.45) is 0 Å². The van der Waals surface area contributed by atoms with Crippen LogP contribution in [0.3, 0.4) is 0 Å². The number of aromatic nitrogens is 1. The van der Waals surface area contributed by atoms with Crippen molar-refractivity contribution in [3.8, 4) is 0 Å². The Bertz CT molecular complexity index is 462. The first kappa shape index (κ1) is 14.9. The molecular weight excluding hydrogens is 254 g/mol. The molecule has 0 aliphatic rings. The molecule has 102 valence electrons. The minimum Gasteiger partial charge on any atom is -0.383 e. The normalized spacial score (nSPS) is 11.4. The van der Waals surface area contributed by atoms with Gasteiger partial charge in [-0.3, -0.25) is 0 Å². The van der Waals surface area contributed by atoms with E-state index in [9.17, 15) is 8.42 Å². The Kier molecular flexibility index (Phi) is 6.03. The highest BCUT2D eigenvalue weighted by Gasteiger charge is 2.13. The highest BCUT2D eigenvalue weighted by atomic mass is 32.2. The maximum absolute atomic E-state index is 11.9. The molecule has 1 aromatic rings. The van der Waals surface area contributed by atoms with Gasteiger partial charge in [0.05, 0.1) is 11.5 Å². The molecule has 0 unspecified atom stereocenters. The van der Waals surface area contributed by atoms with Gasteiger partial charge >= 0.3 is 0 Å². The molecule has 0 atom stereocenters. The third-order valence-corrected chi connectivity index (χ3v) is 3.65. The van der Waals surface area contributed by atoms with Crippen molar-refractivity contribution >= 4 is 15.8 Å². The summed E-state index contributed by atoms with van der Waals surface area (Å²) < 4.78 is 31.1. The Hall–Kier alpha value is -1.18. The zero-order chi connectivity index (χ0) is 13.4. The largest absolute Gasteiger partial charge is 0.383 e. The first-order valence-corrected chi connectivity index (χ1v) is 7.27. The van der Waals surface area contributed by atoms with Crippen LogP contribution >= 0.6 is 0 Å². The second-order valence-electron chi connectivity index (χ2n) is 3.69. The molecule has 7 heteroatoms. The molecular formula is C11H19N3O3S. The fourth-order valence-electron chi connectivity index (χ4n) is 1.29. The molecule has 0 saturated heterocycles. The third kappa shape index (κ3) is 4.59. The van der Waals surface area contributed by atoms with Gasteiger partial charge in [-0.2, -0.15) is 0 Å². The van der Waals surface area contributed by atoms with Crippen LogP contribution in [0, 0.1) is 0 Å². The summed E-state index contributed by atoms with van der Waals surface area (Å²) in [6.45, 7) is 3.37. The second kappa shape index (κ2) is 7.30. The van der Waals surface area contributed by atoms with Gasteiger partial charge in [-0.15, -0.1) is 0 Å². The van der Waals surface area contributed by atoms with Gasteiger partial charge in [-0.25, -0.2) is 18.1 Å². The number of nitrogens with one attached hydrogen (secondary N) is 2. The number of sulfonamides is 1. The first-order valence-electron chi connectivity index (χ1n) is 5.78. The lowest BCUT2D eigenvalue weighted by atomic mass is 10.4. The number of methoxy groups -OCH3 is 1. The van der Waals surface area contributed by atoms with E-state index >= 15 is 0 Å². The minimum atomic E-state index is -3.49. The van der Waals surface area contributed by atoms with Crippen molar-refractivity contribution < 1.29 is 13.2 Å². The average molecular weight is 273 g/mol. The fraction of sp³-hybridized carbons (Fsp3) is 0.545. The molecule has 1 heterocycles. The Morgan fingerprint density at radius 2 is 2.17 bits per heavy atom. The number of ether oxygens (including phenoxy) is 1. The van der Waals surface area contributed by atoms with Crippen molar-refractivity contribution in [3.63, 3.8) is 0 Å². The summed E-state index contributed by atoms with van der Waals surface area (Å²) in [5.74, 6) is 0.562. The molecule has 0 amide bonds. The summed E-state index contributed by atoms with van der Waals surface area (Å²) in [7, 11) is -1.97. The van der Waals surface area contributed by atoms with Gasteiger partial charge in [0.2, 0.25) is 10.0 Å². The molecule has 0 spiro atoms. The predicted octanol–water partition coefficient (Wildman–Crippen LogP) is 0.828. The van der Waals surface area contributed by atoms with E-state index in [-0.39, 0.29) is 11.4 Å². The van der Waals surface area contributed by atoms with E-state index in [2.05, 4.69) is 15.0 Å². The van der Waals surface area contributed by atoms with Crippen LogP contribution in [0.25, 0.3) is 0 Å². The van der Waals surface area contributed by atoms with Gasteiger partial charge in [0, 0.05) is 32.5 Å². The number of rotatable bonds is 8. The van der Waals surface area contributed by atoms with E-state index in [1.807, 2.05) is 6.92 Å². The van der Waals surface area contributed by atoms with Crippen LogP contribution in [0.2, 0.25) is 0 Å². The standard InChI is InChI=1S/C11H19N3O3S/c1-3-5-12-11-9-10(4-6-13-11)18(15,16)14-7-8-17-2/h4,6,9,14H,3,5,7-8H2,1-2H3,(H,12,13). The monoisotopic (exact) mass is 273 g/mol. The molecule has 2 N–H and O–H groups in total. The van der Waals surface area contributed by atoms with Gasteiger partial charge in [0.25, 0.3) is 0 Å². The fourth-order valence-corrected chi connectivity index (χ4v) is 2.32. The van der Waals surface area contributed by atoms with E-state index in [0.29, 0.717) is 12.4 Å². The van der Waals surface area contributed by atoms with Gasteiger partial charge in [0.1, 0.15) is 5.82 Å². The van der Waals surface area contributed by atoms with E-state index in [4.69, 9.17) is 4.74 Å². The van der Waals surface area contributed by atoms with Crippen LogP contribution in [0.1, 0.15) is 13.3 Å². The van der Waals surface area contributed by atoms with Crippen LogP contribution in [-0.2, 0) is 14.8 Å². The smallest absolute Gasteiger partial charge is 0.240 e. The van der Waals surface area contributed by atoms with Crippen LogP contribution in [0.5, 0.6) is 0 Å². The minimum absolute atomic E-state index is 0.201. The molecule has 0 saturated carbocycles. The van der Waals surface area contributed by atoms with Crippen molar-refractivity contribution in [1.29, 1.82) is 0 Å². The molecule has 0 aromatic carbocycles. The molecule has 0 fully saturated rings. The summed E-state index contributed by atoms with van der Waals surface area (Å²) in [4.78, 5) is 4.26. The molecule has 6 nitrogen and oxygen atoms in total. The molecule has 1 rings (SSSR count). The highest BCUT2D eigenvalue weighted by Crippen LogP contribution is 2.12. The summed E-state index contributed by atoms with van der Waals surface area (Å²) in [6, 6.07) is 2.98. The second-order valence-corrected chi connectivity index (χ2v) is 5.46. The van der Waals surface area contributed by atoms with Gasteiger partial charge < -0.3 is 10.1 Å². The van der Waals surface area contributed by atoms with Crippen molar-refractivity contribution in [2.45, 2.75) is 18.2 Å². The molecule has 0 aliphatic carbocycles. The molecule has 18 heavy (non-hydrogen) atoms. The predicted molar refractivity (Wildman–Crippen MR) is 70.1 cm³/mol. The van der Waals surface area contributed by atoms with Crippen molar-refractivity contribution in [2.75, 3.05) is 32.1 Å². The van der Waals surface area contributed by atoms with Crippen LogP contribution in [-0.4, -0.2) is 40.2 Å². The lowest BCUT2D eigenvalue weighted by Gasteiger charge is -2.08. The summed E-state index contributed by atoms with van der Waals surface area (Å²) in [5.41, 5.74) is 0. The van der Waals surface area contributed by atoms with Crippen LogP contribution in [0.4, 0.5) is 5.82 Å². The number of pyridine rings is 1. The van der Waals surface area contributed by atoms with Crippen LogP contribution in [0.15, 0.2) is 23.2 Å². The zero-order valence-electron chi connectivity index (χ0n) is 10.6. The maximum Gasteiger partial charge on any atom is 0.240 e. The maximum atomic E-state index is 11.9. The molecule has 0 aliphatic heterocycles.